The van der Waals surface area contributed by atoms with E-state index in [1.54, 1.807) is 12.1 Å². The van der Waals surface area contributed by atoms with Crippen LogP contribution in [0.5, 0.6) is 11.5 Å². The molecule has 0 heterocycles. The zero-order valence-corrected chi connectivity index (χ0v) is 6.44. The van der Waals surface area contributed by atoms with E-state index in [1.165, 1.54) is 18.2 Å². The Morgan fingerprint density at radius 2 is 2.00 bits per heavy atom. The first kappa shape index (κ1) is 8.62. The number of rotatable bonds is 2. The standard InChI is InChI=1S/C9H10O3/c10-5-1-2-7-3-4-8(11)6-9(7)12/h1-4,6,10-12H,5H2. The number of aliphatic hydroxyl groups excluding tert-OH is 1. The molecule has 0 fully saturated rings. The molecule has 64 valence electrons. The molecule has 0 saturated heterocycles. The lowest BCUT2D eigenvalue weighted by molar-refractivity contribution is 0.343. The second-order valence-electron chi connectivity index (χ2n) is 2.33. The van der Waals surface area contributed by atoms with Crippen molar-refractivity contribution in [2.45, 2.75) is 0 Å². The third-order valence-electron chi connectivity index (χ3n) is 1.42. The number of benzene rings is 1. The average Bonchev–Trinajstić information content (AvgIpc) is 2.03. The van der Waals surface area contributed by atoms with Crippen molar-refractivity contribution in [1.82, 2.24) is 0 Å². The maximum absolute atomic E-state index is 9.23. The zero-order valence-electron chi connectivity index (χ0n) is 6.44. The monoisotopic (exact) mass is 166 g/mol. The van der Waals surface area contributed by atoms with Crippen molar-refractivity contribution in [3.05, 3.63) is 29.8 Å². The van der Waals surface area contributed by atoms with E-state index in [9.17, 15) is 5.11 Å². The van der Waals surface area contributed by atoms with Gasteiger partial charge in [0.05, 0.1) is 6.61 Å². The topological polar surface area (TPSA) is 60.7 Å². The van der Waals surface area contributed by atoms with E-state index in [-0.39, 0.29) is 18.1 Å². The van der Waals surface area contributed by atoms with Gasteiger partial charge in [-0.1, -0.05) is 12.2 Å². The SMILES string of the molecule is OCC=Cc1ccc(O)cc1O. The number of hydrogen-bond acceptors (Lipinski definition) is 3. The zero-order chi connectivity index (χ0) is 8.97. The van der Waals surface area contributed by atoms with E-state index in [1.807, 2.05) is 0 Å². The first-order valence-corrected chi connectivity index (χ1v) is 3.53. The van der Waals surface area contributed by atoms with Gasteiger partial charge in [0.15, 0.2) is 0 Å². The van der Waals surface area contributed by atoms with Crippen LogP contribution in [0.2, 0.25) is 0 Å². The van der Waals surface area contributed by atoms with Crippen LogP contribution in [-0.2, 0) is 0 Å². The van der Waals surface area contributed by atoms with E-state index in [4.69, 9.17) is 10.2 Å². The van der Waals surface area contributed by atoms with Gasteiger partial charge in [-0.3, -0.25) is 0 Å². The van der Waals surface area contributed by atoms with Crippen molar-refractivity contribution in [3.63, 3.8) is 0 Å². The molecule has 1 aromatic carbocycles. The fourth-order valence-corrected chi connectivity index (χ4v) is 0.853. The summed E-state index contributed by atoms with van der Waals surface area (Å²) in [5.74, 6) is 0.0216. The Morgan fingerprint density at radius 3 is 2.58 bits per heavy atom. The Balaban J connectivity index is 2.94. The highest BCUT2D eigenvalue weighted by Crippen LogP contribution is 2.23. The van der Waals surface area contributed by atoms with Gasteiger partial charge in [-0.05, 0) is 12.1 Å². The normalized spacial score (nSPS) is 10.8. The van der Waals surface area contributed by atoms with Crippen LogP contribution < -0.4 is 0 Å². The van der Waals surface area contributed by atoms with Crippen molar-refractivity contribution >= 4 is 6.08 Å². The summed E-state index contributed by atoms with van der Waals surface area (Å²) in [6.07, 6.45) is 3.08. The van der Waals surface area contributed by atoms with Crippen LogP contribution >= 0.6 is 0 Å². The largest absolute Gasteiger partial charge is 0.508 e. The van der Waals surface area contributed by atoms with Gasteiger partial charge in [0.1, 0.15) is 11.5 Å². The van der Waals surface area contributed by atoms with E-state index in [0.717, 1.165) is 0 Å². The lowest BCUT2D eigenvalue weighted by atomic mass is 10.2. The predicted octanol–water partition coefficient (Wildman–Crippen LogP) is 1.10. The molecule has 3 N–H and O–H groups in total. The van der Waals surface area contributed by atoms with Crippen LogP contribution in [0.3, 0.4) is 0 Å². The summed E-state index contributed by atoms with van der Waals surface area (Å²) in [5.41, 5.74) is 0.571. The molecule has 0 radical (unpaired) electrons. The van der Waals surface area contributed by atoms with Gasteiger partial charge in [-0.25, -0.2) is 0 Å². The van der Waals surface area contributed by atoms with Crippen LogP contribution in [-0.4, -0.2) is 21.9 Å². The van der Waals surface area contributed by atoms with Gasteiger partial charge in [0.2, 0.25) is 0 Å². The second-order valence-corrected chi connectivity index (χ2v) is 2.33. The Kier molecular flexibility index (Phi) is 2.71. The molecule has 0 atom stereocenters. The molecule has 0 unspecified atom stereocenters. The van der Waals surface area contributed by atoms with Gasteiger partial charge in [0.25, 0.3) is 0 Å². The summed E-state index contributed by atoms with van der Waals surface area (Å²) in [7, 11) is 0. The van der Waals surface area contributed by atoms with Crippen molar-refractivity contribution in [2.75, 3.05) is 6.61 Å². The van der Waals surface area contributed by atoms with Gasteiger partial charge in [0, 0.05) is 11.6 Å². The summed E-state index contributed by atoms with van der Waals surface area (Å²) in [6, 6.07) is 4.28. The minimum atomic E-state index is -0.0691. The van der Waals surface area contributed by atoms with E-state index in [2.05, 4.69) is 0 Å². The summed E-state index contributed by atoms with van der Waals surface area (Å²) in [4.78, 5) is 0. The molecule has 1 rings (SSSR count). The molecule has 3 heteroatoms. The van der Waals surface area contributed by atoms with E-state index < -0.39 is 0 Å². The van der Waals surface area contributed by atoms with Gasteiger partial charge in [-0.2, -0.15) is 0 Å². The first-order chi connectivity index (χ1) is 5.74. The Hall–Kier alpha value is -1.48. The summed E-state index contributed by atoms with van der Waals surface area (Å²) in [6.45, 7) is -0.0691. The van der Waals surface area contributed by atoms with E-state index in [0.29, 0.717) is 5.56 Å². The summed E-state index contributed by atoms with van der Waals surface area (Å²) >= 11 is 0. The first-order valence-electron chi connectivity index (χ1n) is 3.53. The molecule has 0 aliphatic carbocycles. The maximum Gasteiger partial charge on any atom is 0.126 e. The molecule has 0 spiro atoms. The lowest BCUT2D eigenvalue weighted by Gasteiger charge is -1.98. The third-order valence-corrected chi connectivity index (χ3v) is 1.42. The second kappa shape index (κ2) is 3.78. The van der Waals surface area contributed by atoms with Crippen molar-refractivity contribution in [1.29, 1.82) is 0 Å². The van der Waals surface area contributed by atoms with E-state index >= 15 is 0 Å². The highest BCUT2D eigenvalue weighted by molar-refractivity contribution is 5.58. The Bertz CT molecular complexity index is 292. The predicted molar refractivity (Wildman–Crippen MR) is 45.9 cm³/mol. The Labute approximate surface area is 70.2 Å². The quantitative estimate of drug-likeness (QED) is 0.616. The molecule has 12 heavy (non-hydrogen) atoms. The van der Waals surface area contributed by atoms with Crippen LogP contribution in [0.15, 0.2) is 24.3 Å². The number of hydrogen-bond donors (Lipinski definition) is 3. The fourth-order valence-electron chi connectivity index (χ4n) is 0.853. The highest BCUT2D eigenvalue weighted by atomic mass is 16.3. The number of aliphatic hydroxyl groups is 1. The molecule has 0 aromatic heterocycles. The smallest absolute Gasteiger partial charge is 0.126 e. The van der Waals surface area contributed by atoms with Gasteiger partial charge >= 0.3 is 0 Å². The number of phenols is 2. The fraction of sp³-hybridized carbons (Fsp3) is 0.111. The summed E-state index contributed by atoms with van der Waals surface area (Å²) < 4.78 is 0. The summed E-state index contributed by atoms with van der Waals surface area (Å²) in [5, 5.41) is 26.6. The van der Waals surface area contributed by atoms with Crippen LogP contribution in [0.1, 0.15) is 5.56 Å². The number of phenolic OH excluding ortho intramolecular Hbond substituents is 2. The van der Waals surface area contributed by atoms with Gasteiger partial charge < -0.3 is 15.3 Å². The maximum atomic E-state index is 9.23. The molecule has 0 saturated carbocycles. The molecule has 0 aliphatic rings. The van der Waals surface area contributed by atoms with Crippen LogP contribution in [0, 0.1) is 0 Å². The van der Waals surface area contributed by atoms with Gasteiger partial charge in [-0.15, -0.1) is 0 Å². The molecule has 0 bridgehead atoms. The lowest BCUT2D eigenvalue weighted by Crippen LogP contribution is -1.76. The molecular formula is C9H10O3. The van der Waals surface area contributed by atoms with Crippen molar-refractivity contribution in [2.24, 2.45) is 0 Å². The minimum absolute atomic E-state index is 0.000278. The molecular weight excluding hydrogens is 156 g/mol. The Morgan fingerprint density at radius 1 is 1.25 bits per heavy atom. The minimum Gasteiger partial charge on any atom is -0.508 e. The van der Waals surface area contributed by atoms with Crippen molar-refractivity contribution < 1.29 is 15.3 Å². The highest BCUT2D eigenvalue weighted by Gasteiger charge is 1.96. The van der Waals surface area contributed by atoms with Crippen molar-refractivity contribution in [3.8, 4) is 11.5 Å². The molecule has 1 aromatic rings. The van der Waals surface area contributed by atoms with Crippen LogP contribution in [0.4, 0.5) is 0 Å². The molecule has 0 amide bonds. The third kappa shape index (κ3) is 2.00. The van der Waals surface area contributed by atoms with Crippen LogP contribution in [0.25, 0.3) is 6.08 Å². The molecule has 0 aliphatic heterocycles. The molecule has 3 nitrogen and oxygen atoms in total. The average molecular weight is 166 g/mol. The number of aromatic hydroxyl groups is 2.